The highest BCUT2D eigenvalue weighted by Crippen LogP contribution is 2.65. The number of amides is 1. The summed E-state index contributed by atoms with van der Waals surface area (Å²) in [6, 6.07) is 1.83. The van der Waals surface area contributed by atoms with Crippen LogP contribution in [0.2, 0.25) is 0 Å². The maximum Gasteiger partial charge on any atom is 0.233 e. The molecule has 128 valence electrons. The molecule has 2 atom stereocenters. The Balaban J connectivity index is 1.47. The molecule has 2 aliphatic carbocycles. The lowest BCUT2D eigenvalue weighted by molar-refractivity contribution is -0.140. The normalized spacial score (nSPS) is 31.6. The first-order valence-electron chi connectivity index (χ1n) is 8.96. The highest BCUT2D eigenvalue weighted by atomic mass is 16.2. The average Bonchev–Trinajstić information content (AvgIpc) is 3.14. The van der Waals surface area contributed by atoms with Gasteiger partial charge in [0.25, 0.3) is 0 Å². The molecule has 2 saturated carbocycles. The van der Waals surface area contributed by atoms with Gasteiger partial charge in [0.1, 0.15) is 0 Å². The molecule has 3 aliphatic rings. The van der Waals surface area contributed by atoms with Gasteiger partial charge in [0, 0.05) is 38.6 Å². The largest absolute Gasteiger partial charge is 0.338 e. The highest BCUT2D eigenvalue weighted by molar-refractivity contribution is 5.88. The number of hydrogen-bond donors (Lipinski definition) is 0. The van der Waals surface area contributed by atoms with Crippen LogP contribution in [0.1, 0.15) is 33.1 Å². The number of carbonyl (C=O) groups is 1. The van der Waals surface area contributed by atoms with E-state index < -0.39 is 0 Å². The molecule has 5 heteroatoms. The third kappa shape index (κ3) is 2.10. The monoisotopic (exact) mass is 326 g/mol. The van der Waals surface area contributed by atoms with E-state index in [2.05, 4.69) is 40.2 Å². The number of nitrogens with zero attached hydrogens (tertiary/aromatic N) is 4. The van der Waals surface area contributed by atoms with Gasteiger partial charge in [-0.05, 0) is 36.7 Å². The van der Waals surface area contributed by atoms with E-state index in [1.807, 2.05) is 6.07 Å². The Morgan fingerprint density at radius 3 is 2.46 bits per heavy atom. The van der Waals surface area contributed by atoms with Gasteiger partial charge in [-0.1, -0.05) is 26.0 Å². The summed E-state index contributed by atoms with van der Waals surface area (Å²) in [5.41, 5.74) is 0.984. The van der Waals surface area contributed by atoms with Crippen molar-refractivity contribution < 1.29 is 4.79 Å². The van der Waals surface area contributed by atoms with Gasteiger partial charge in [0.15, 0.2) is 0 Å². The van der Waals surface area contributed by atoms with Gasteiger partial charge in [-0.15, -0.1) is 0 Å². The molecule has 0 spiro atoms. The van der Waals surface area contributed by atoms with Crippen LogP contribution >= 0.6 is 0 Å². The zero-order chi connectivity index (χ0) is 16.9. The zero-order valence-corrected chi connectivity index (χ0v) is 14.7. The number of carbonyl (C=O) groups excluding carboxylic acids is 1. The summed E-state index contributed by atoms with van der Waals surface area (Å²) in [5.74, 6) is 1.69. The van der Waals surface area contributed by atoms with Crippen LogP contribution in [0.3, 0.4) is 0 Å². The summed E-state index contributed by atoms with van der Waals surface area (Å²) >= 11 is 0. The second-order valence-electron chi connectivity index (χ2n) is 8.05. The Morgan fingerprint density at radius 1 is 1.21 bits per heavy atom. The van der Waals surface area contributed by atoms with Crippen LogP contribution in [-0.2, 0) is 4.79 Å². The van der Waals surface area contributed by atoms with Crippen LogP contribution in [-0.4, -0.2) is 47.0 Å². The number of piperazine rings is 1. The van der Waals surface area contributed by atoms with Crippen molar-refractivity contribution in [2.24, 2.45) is 16.7 Å². The molecule has 1 aliphatic heterocycles. The molecule has 1 amide bonds. The molecule has 0 radical (unpaired) electrons. The van der Waals surface area contributed by atoms with E-state index in [1.54, 1.807) is 12.4 Å². The molecule has 1 aromatic heterocycles. The minimum atomic E-state index is -0.292. The van der Waals surface area contributed by atoms with Crippen LogP contribution in [0.4, 0.5) is 5.95 Å². The summed E-state index contributed by atoms with van der Waals surface area (Å²) in [6.45, 7) is 12.0. The Bertz CT molecular complexity index is 663. The summed E-state index contributed by atoms with van der Waals surface area (Å²) in [4.78, 5) is 26.2. The van der Waals surface area contributed by atoms with Crippen molar-refractivity contribution in [3.05, 3.63) is 30.6 Å². The van der Waals surface area contributed by atoms with Crippen molar-refractivity contribution in [2.75, 3.05) is 31.1 Å². The molecule has 2 bridgehead atoms. The lowest BCUT2D eigenvalue weighted by Gasteiger charge is -2.42. The smallest absolute Gasteiger partial charge is 0.233 e. The van der Waals surface area contributed by atoms with Gasteiger partial charge in [-0.2, -0.15) is 0 Å². The highest BCUT2D eigenvalue weighted by Gasteiger charge is 2.61. The molecule has 5 nitrogen and oxygen atoms in total. The second kappa shape index (κ2) is 5.30. The quantitative estimate of drug-likeness (QED) is 0.784. The van der Waals surface area contributed by atoms with Crippen LogP contribution < -0.4 is 4.90 Å². The molecule has 24 heavy (non-hydrogen) atoms. The lowest BCUT2D eigenvalue weighted by Crippen LogP contribution is -2.53. The van der Waals surface area contributed by atoms with Crippen LogP contribution in [0.25, 0.3) is 0 Å². The average molecular weight is 326 g/mol. The standard InChI is InChI=1S/C19H26N4O/c1-14-18(2,3)15-5-6-19(14,13-15)16(24)22-9-11-23(12-10-22)17-20-7-4-8-21-17/h4,7-8,15H,1,5-6,9-13H2,2-3H3. The molecule has 2 heterocycles. The number of rotatable bonds is 2. The predicted octanol–water partition coefficient (Wildman–Crippen LogP) is 2.51. The Morgan fingerprint density at radius 2 is 1.88 bits per heavy atom. The van der Waals surface area contributed by atoms with Gasteiger partial charge >= 0.3 is 0 Å². The second-order valence-corrected chi connectivity index (χ2v) is 8.05. The Labute approximate surface area is 143 Å². The minimum Gasteiger partial charge on any atom is -0.338 e. The molecular weight excluding hydrogens is 300 g/mol. The molecular formula is C19H26N4O. The van der Waals surface area contributed by atoms with E-state index in [9.17, 15) is 4.79 Å². The first-order valence-corrected chi connectivity index (χ1v) is 8.96. The molecule has 1 aromatic rings. The number of hydrogen-bond acceptors (Lipinski definition) is 4. The summed E-state index contributed by atoms with van der Waals surface area (Å²) in [5, 5.41) is 0. The molecule has 3 fully saturated rings. The fourth-order valence-corrected chi connectivity index (χ4v) is 4.99. The first-order chi connectivity index (χ1) is 11.4. The molecule has 0 N–H and O–H groups in total. The first kappa shape index (κ1) is 15.6. The topological polar surface area (TPSA) is 49.3 Å². The predicted molar refractivity (Wildman–Crippen MR) is 93.5 cm³/mol. The molecule has 2 unspecified atom stereocenters. The van der Waals surface area contributed by atoms with Crippen molar-refractivity contribution in [2.45, 2.75) is 33.1 Å². The third-order valence-corrected chi connectivity index (χ3v) is 6.70. The SMILES string of the molecule is C=C1C2(C(=O)N3CCN(c4ncccn4)CC3)CCC(C2)C1(C)C. The third-order valence-electron chi connectivity index (χ3n) is 6.70. The van der Waals surface area contributed by atoms with E-state index in [0.717, 1.165) is 51.4 Å². The van der Waals surface area contributed by atoms with Gasteiger partial charge in [0.05, 0.1) is 5.41 Å². The summed E-state index contributed by atoms with van der Waals surface area (Å²) in [6.07, 6.45) is 6.68. The van der Waals surface area contributed by atoms with E-state index in [-0.39, 0.29) is 10.8 Å². The van der Waals surface area contributed by atoms with Gasteiger partial charge in [-0.25, -0.2) is 9.97 Å². The number of aromatic nitrogens is 2. The van der Waals surface area contributed by atoms with Gasteiger partial charge in [-0.3, -0.25) is 4.79 Å². The van der Waals surface area contributed by atoms with Crippen molar-refractivity contribution in [1.29, 1.82) is 0 Å². The number of fused-ring (bicyclic) bond motifs is 2. The lowest BCUT2D eigenvalue weighted by atomic mass is 9.68. The van der Waals surface area contributed by atoms with E-state index in [0.29, 0.717) is 11.8 Å². The van der Waals surface area contributed by atoms with Crippen molar-refractivity contribution >= 4 is 11.9 Å². The molecule has 0 aromatic carbocycles. The Hall–Kier alpha value is -1.91. The van der Waals surface area contributed by atoms with E-state index in [1.165, 1.54) is 5.57 Å². The van der Waals surface area contributed by atoms with E-state index in [4.69, 9.17) is 0 Å². The van der Waals surface area contributed by atoms with Crippen LogP contribution in [0.15, 0.2) is 30.6 Å². The van der Waals surface area contributed by atoms with Crippen molar-refractivity contribution in [1.82, 2.24) is 14.9 Å². The van der Waals surface area contributed by atoms with Crippen LogP contribution in [0, 0.1) is 16.7 Å². The van der Waals surface area contributed by atoms with Gasteiger partial charge < -0.3 is 9.80 Å². The number of anilines is 1. The van der Waals surface area contributed by atoms with Crippen molar-refractivity contribution in [3.63, 3.8) is 0 Å². The summed E-state index contributed by atoms with van der Waals surface area (Å²) < 4.78 is 0. The summed E-state index contributed by atoms with van der Waals surface area (Å²) in [7, 11) is 0. The van der Waals surface area contributed by atoms with Gasteiger partial charge in [0.2, 0.25) is 11.9 Å². The zero-order valence-electron chi connectivity index (χ0n) is 14.7. The Kier molecular flexibility index (Phi) is 3.44. The van der Waals surface area contributed by atoms with E-state index >= 15 is 0 Å². The molecule has 1 saturated heterocycles. The van der Waals surface area contributed by atoms with Crippen molar-refractivity contribution in [3.8, 4) is 0 Å². The maximum absolute atomic E-state index is 13.3. The molecule has 4 rings (SSSR count). The fraction of sp³-hybridized carbons (Fsp3) is 0.632. The van der Waals surface area contributed by atoms with Crippen LogP contribution in [0.5, 0.6) is 0 Å². The minimum absolute atomic E-state index is 0.105. The maximum atomic E-state index is 13.3. The fourth-order valence-electron chi connectivity index (χ4n) is 4.99.